The molecule has 0 aliphatic carbocycles. The molecule has 69 heavy (non-hydrogen) atoms. The Morgan fingerprint density at radius 2 is 1.19 bits per heavy atom. The lowest BCUT2D eigenvalue weighted by atomic mass is 9.98. The Labute approximate surface area is 409 Å². The molecule has 0 saturated carbocycles. The van der Waals surface area contributed by atoms with Crippen LogP contribution in [0.2, 0.25) is 0 Å². The van der Waals surface area contributed by atoms with Gasteiger partial charge in [0.05, 0.1) is 12.1 Å². The fourth-order valence-corrected chi connectivity index (χ4v) is 8.05. The number of amides is 8. The molecule has 10 atom stereocenters. The van der Waals surface area contributed by atoms with E-state index in [-0.39, 0.29) is 43.9 Å². The summed E-state index contributed by atoms with van der Waals surface area (Å²) in [6.07, 6.45) is 1.64. The fourth-order valence-electron chi connectivity index (χ4n) is 7.58. The summed E-state index contributed by atoms with van der Waals surface area (Å²) in [5, 5.41) is 47.6. The summed E-state index contributed by atoms with van der Waals surface area (Å²) in [6.45, 7) is 16.5. The van der Waals surface area contributed by atoms with Gasteiger partial charge < -0.3 is 63.2 Å². The molecule has 22 heteroatoms. The lowest BCUT2D eigenvalue weighted by Gasteiger charge is -2.32. The van der Waals surface area contributed by atoms with Crippen molar-refractivity contribution in [3.63, 3.8) is 0 Å². The molecule has 0 aromatic heterocycles. The van der Waals surface area contributed by atoms with Crippen molar-refractivity contribution >= 4 is 65.0 Å². The highest BCUT2D eigenvalue weighted by Gasteiger charge is 2.41. The van der Waals surface area contributed by atoms with Crippen molar-refractivity contribution in [3.05, 3.63) is 29.8 Å². The van der Waals surface area contributed by atoms with Gasteiger partial charge in [0.15, 0.2) is 0 Å². The zero-order chi connectivity index (χ0) is 52.4. The van der Waals surface area contributed by atoms with Gasteiger partial charge in [-0.1, -0.05) is 67.5 Å². The van der Waals surface area contributed by atoms with E-state index in [1.165, 1.54) is 42.6 Å². The lowest BCUT2D eigenvalue weighted by molar-refractivity contribution is -0.144. The number of phenolic OH excluding ortho intramolecular Hbond substituents is 1. The Balaban J connectivity index is 2.20. The van der Waals surface area contributed by atoms with Crippen molar-refractivity contribution in [3.8, 4) is 5.75 Å². The Kier molecular flexibility index (Phi) is 24.4. The number of aromatic hydroxyl groups is 1. The van der Waals surface area contributed by atoms with E-state index in [4.69, 9.17) is 5.73 Å². The molecule has 0 spiro atoms. The number of thioether (sulfide) groups is 1. The number of carbonyl (C=O) groups is 9. The van der Waals surface area contributed by atoms with Gasteiger partial charge in [-0.3, -0.25) is 38.4 Å². The molecule has 1 heterocycles. The van der Waals surface area contributed by atoms with Crippen molar-refractivity contribution < 1.29 is 58.5 Å². The number of nitrogens with two attached hydrogens (primary N) is 1. The van der Waals surface area contributed by atoms with Crippen LogP contribution in [0, 0.1) is 23.7 Å². The van der Waals surface area contributed by atoms with Crippen LogP contribution >= 0.6 is 11.8 Å². The monoisotopic (exact) mass is 992 g/mol. The van der Waals surface area contributed by atoms with E-state index in [1.807, 2.05) is 20.1 Å². The number of aliphatic hydroxyl groups is 1. The van der Waals surface area contributed by atoms with Gasteiger partial charge in [0.2, 0.25) is 47.3 Å². The molecular formula is C47H77N9O12S. The number of rotatable bonds is 27. The molecule has 0 radical (unpaired) electrons. The van der Waals surface area contributed by atoms with Crippen LogP contribution < -0.4 is 43.0 Å². The second-order valence-corrected chi connectivity index (χ2v) is 20.2. The third kappa shape index (κ3) is 18.7. The van der Waals surface area contributed by atoms with Gasteiger partial charge in [-0.05, 0) is 99.3 Å². The number of carboxylic acid groups (broad SMARTS) is 1. The summed E-state index contributed by atoms with van der Waals surface area (Å²) in [6, 6.07) is -4.38. The van der Waals surface area contributed by atoms with E-state index in [2.05, 4.69) is 37.2 Å². The molecule has 388 valence electrons. The van der Waals surface area contributed by atoms with Crippen LogP contribution in [0.4, 0.5) is 0 Å². The zero-order valence-corrected chi connectivity index (χ0v) is 42.6. The van der Waals surface area contributed by atoms with Gasteiger partial charge in [0.1, 0.15) is 54.1 Å². The smallest absolute Gasteiger partial charge is 0.326 e. The van der Waals surface area contributed by atoms with Gasteiger partial charge in [-0.2, -0.15) is 11.8 Å². The minimum atomic E-state index is -1.56. The Hall–Kier alpha value is -5.48. The SMILES string of the molecule is CSCC[C@H](NC(=O)[C@@H]1CCCN1C(=O)[C@@H](NC(=O)[C@H](CC(C)C)NC(=O)[C@@H](N)Cc1ccc(O)cc1)C(C)C)C(=O)N[C@H](C(=O)N[C@@H](C)C(=O)N[C@H](C(=O)N[C@H](C(=O)O)C(C)C)[C@@H](C)O)C(C)C. The molecule has 12 N–H and O–H groups in total. The highest BCUT2D eigenvalue weighted by molar-refractivity contribution is 7.98. The molecule has 0 bridgehead atoms. The summed E-state index contributed by atoms with van der Waals surface area (Å²) in [4.78, 5) is 122. The average Bonchev–Trinajstić information content (AvgIpc) is 3.76. The Bertz CT molecular complexity index is 1930. The Morgan fingerprint density at radius 1 is 0.667 bits per heavy atom. The number of carbonyl (C=O) groups excluding carboxylic acids is 8. The van der Waals surface area contributed by atoms with Crippen LogP contribution in [0.15, 0.2) is 24.3 Å². The topological polar surface area (TPSA) is 328 Å². The molecule has 21 nitrogen and oxygen atoms in total. The molecular weight excluding hydrogens is 915 g/mol. The van der Waals surface area contributed by atoms with E-state index in [9.17, 15) is 58.5 Å². The van der Waals surface area contributed by atoms with E-state index < -0.39 is 131 Å². The third-order valence-corrected chi connectivity index (χ3v) is 12.3. The predicted octanol–water partition coefficient (Wildman–Crippen LogP) is -0.101. The summed E-state index contributed by atoms with van der Waals surface area (Å²) in [7, 11) is 0. The number of nitrogens with zero attached hydrogens (tertiary/aromatic N) is 1. The molecule has 1 aromatic rings. The van der Waals surface area contributed by atoms with Crippen molar-refractivity contribution in [1.82, 2.24) is 42.1 Å². The number of carboxylic acids is 1. The molecule has 1 aliphatic heterocycles. The van der Waals surface area contributed by atoms with Crippen LogP contribution in [-0.4, -0.2) is 152 Å². The third-order valence-electron chi connectivity index (χ3n) is 11.7. The number of benzene rings is 1. The number of likely N-dealkylation sites (tertiary alicyclic amines) is 1. The van der Waals surface area contributed by atoms with Crippen LogP contribution in [0.25, 0.3) is 0 Å². The van der Waals surface area contributed by atoms with Crippen molar-refractivity contribution in [1.29, 1.82) is 0 Å². The Morgan fingerprint density at radius 3 is 1.71 bits per heavy atom. The normalized spacial score (nSPS) is 17.6. The second kappa shape index (κ2) is 28.3. The maximum absolute atomic E-state index is 14.3. The molecule has 1 saturated heterocycles. The van der Waals surface area contributed by atoms with Gasteiger partial charge in [0, 0.05) is 6.54 Å². The zero-order valence-electron chi connectivity index (χ0n) is 41.8. The quantitative estimate of drug-likeness (QED) is 0.0549. The van der Waals surface area contributed by atoms with Gasteiger partial charge in [0.25, 0.3) is 0 Å². The first-order chi connectivity index (χ1) is 32.2. The maximum atomic E-state index is 14.3. The minimum Gasteiger partial charge on any atom is -0.508 e. The van der Waals surface area contributed by atoms with Crippen LogP contribution in [0.1, 0.15) is 100 Å². The number of aliphatic hydroxyl groups excluding tert-OH is 1. The number of aliphatic carboxylic acids is 1. The summed E-state index contributed by atoms with van der Waals surface area (Å²) in [5.74, 6) is -7.90. The van der Waals surface area contributed by atoms with Crippen molar-refractivity contribution in [2.45, 2.75) is 162 Å². The molecule has 1 aliphatic rings. The largest absolute Gasteiger partial charge is 0.508 e. The van der Waals surface area contributed by atoms with Gasteiger partial charge in [-0.25, -0.2) is 4.79 Å². The van der Waals surface area contributed by atoms with Crippen LogP contribution in [0.3, 0.4) is 0 Å². The van der Waals surface area contributed by atoms with Crippen LogP contribution in [0.5, 0.6) is 5.75 Å². The molecule has 1 fully saturated rings. The summed E-state index contributed by atoms with van der Waals surface area (Å²) in [5.41, 5.74) is 6.92. The molecule has 8 amide bonds. The molecule has 2 rings (SSSR count). The highest BCUT2D eigenvalue weighted by atomic mass is 32.2. The van der Waals surface area contributed by atoms with E-state index in [0.29, 0.717) is 17.7 Å². The summed E-state index contributed by atoms with van der Waals surface area (Å²) < 4.78 is 0. The molecule has 1 aromatic carbocycles. The van der Waals surface area contributed by atoms with Gasteiger partial charge >= 0.3 is 5.97 Å². The minimum absolute atomic E-state index is 0.0337. The first-order valence-corrected chi connectivity index (χ1v) is 25.0. The second-order valence-electron chi connectivity index (χ2n) is 19.2. The standard InChI is InChI=1S/C47H77N9O12S/c1-23(2)21-33(51-40(60)31(48)22-29-14-16-30(58)17-15-29)42(62)53-36(25(5)6)46(66)56-19-12-13-34(56)43(63)50-32(18-20-69-11)41(61)52-35(24(3)4)44(64)49-27(9)39(59)55-38(28(10)57)45(65)54-37(26(7)8)47(67)68/h14-17,23-28,31-38,57-58H,12-13,18-22,48H2,1-11H3,(H,49,64)(H,50,63)(H,51,60)(H,52,61)(H,53,62)(H,54,65)(H,55,59)(H,67,68)/t27-,28+,31-,32-,33-,34-,35-,36-,37-,38-/m0/s1. The maximum Gasteiger partial charge on any atom is 0.326 e. The van der Waals surface area contributed by atoms with Crippen LogP contribution in [-0.2, 0) is 49.6 Å². The number of phenols is 1. The first-order valence-electron chi connectivity index (χ1n) is 23.6. The lowest BCUT2D eigenvalue weighted by Crippen LogP contribution is -2.61. The fraction of sp³-hybridized carbons (Fsp3) is 0.681. The van der Waals surface area contributed by atoms with Crippen molar-refractivity contribution in [2.24, 2.45) is 29.4 Å². The molecule has 0 unspecified atom stereocenters. The number of hydrogen-bond donors (Lipinski definition) is 11. The van der Waals surface area contributed by atoms with E-state index in [1.54, 1.807) is 53.7 Å². The average molecular weight is 992 g/mol. The number of hydrogen-bond acceptors (Lipinski definition) is 13. The number of nitrogens with one attached hydrogen (secondary N) is 7. The highest BCUT2D eigenvalue weighted by Crippen LogP contribution is 2.22. The predicted molar refractivity (Wildman–Crippen MR) is 260 cm³/mol. The summed E-state index contributed by atoms with van der Waals surface area (Å²) >= 11 is 1.42. The van der Waals surface area contributed by atoms with Crippen molar-refractivity contribution in [2.75, 3.05) is 18.6 Å². The van der Waals surface area contributed by atoms with Gasteiger partial charge in [-0.15, -0.1) is 0 Å². The van der Waals surface area contributed by atoms with E-state index in [0.717, 1.165) is 0 Å². The first kappa shape index (κ1) is 59.6. The van der Waals surface area contributed by atoms with E-state index >= 15 is 0 Å².